The van der Waals surface area contributed by atoms with Crippen molar-refractivity contribution in [3.05, 3.63) is 86.2 Å². The maximum Gasteiger partial charge on any atom is 0.448 e. The van der Waals surface area contributed by atoms with E-state index in [-0.39, 0.29) is 37.6 Å². The molecule has 3 N–H and O–H groups in total. The van der Waals surface area contributed by atoms with E-state index in [1.165, 1.54) is 22.1 Å². The van der Waals surface area contributed by atoms with Crippen LogP contribution in [-0.4, -0.2) is 65.2 Å². The Labute approximate surface area is 268 Å². The van der Waals surface area contributed by atoms with Crippen LogP contribution in [0.15, 0.2) is 54.0 Å². The van der Waals surface area contributed by atoms with Crippen LogP contribution in [0.5, 0.6) is 0 Å². The second-order valence-corrected chi connectivity index (χ2v) is 12.6. The first-order chi connectivity index (χ1) is 22.0. The Morgan fingerprint density at radius 1 is 1.17 bits per heavy atom. The number of halogens is 3. The van der Waals surface area contributed by atoms with Gasteiger partial charge in [-0.15, -0.1) is 11.3 Å². The summed E-state index contributed by atoms with van der Waals surface area (Å²) in [5.41, 5.74) is 0.245. The van der Waals surface area contributed by atoms with Crippen LogP contribution in [0.4, 0.5) is 13.2 Å². The highest BCUT2D eigenvalue weighted by Gasteiger charge is 2.53. The molecular formula is C34H33F3N5O3S+. The monoisotopic (exact) mass is 648 g/mol. The smallest absolute Gasteiger partial charge is 0.348 e. The lowest BCUT2D eigenvalue weighted by atomic mass is 10.00. The van der Waals surface area contributed by atoms with Crippen LogP contribution in [-0.2, 0) is 21.6 Å². The molecule has 1 aromatic heterocycles. The summed E-state index contributed by atoms with van der Waals surface area (Å²) in [6.07, 6.45) is 4.50. The SMILES string of the molecule is C[C@@H](C#Cc1nccs1)NC1(C(=O)NCc2ccccc2C(=O)NC2(c3ccc4/c(c3)=C\C=[N+](CC(F)(F)F)CC\C=4)CC2)CO1. The zero-order chi connectivity index (χ0) is 32.4. The van der Waals surface area contributed by atoms with E-state index in [4.69, 9.17) is 4.74 Å². The normalized spacial score (nSPS) is 21.6. The van der Waals surface area contributed by atoms with Gasteiger partial charge in [-0.05, 0) is 59.4 Å². The Hall–Kier alpha value is -4.31. The van der Waals surface area contributed by atoms with Crippen LogP contribution in [0.1, 0.15) is 52.7 Å². The maximum absolute atomic E-state index is 13.6. The third-order valence-corrected chi connectivity index (χ3v) is 8.84. The molecule has 1 aliphatic carbocycles. The predicted octanol–water partition coefficient (Wildman–Crippen LogP) is 2.54. The first kappa shape index (κ1) is 31.7. The van der Waals surface area contributed by atoms with Gasteiger partial charge in [0.1, 0.15) is 13.2 Å². The van der Waals surface area contributed by atoms with E-state index >= 15 is 0 Å². The molecule has 1 unspecified atom stereocenters. The molecule has 2 atom stereocenters. The molecule has 0 radical (unpaired) electrons. The Balaban J connectivity index is 1.12. The van der Waals surface area contributed by atoms with Gasteiger partial charge in [0.25, 0.3) is 11.8 Å². The van der Waals surface area contributed by atoms with Crippen molar-refractivity contribution >= 4 is 41.5 Å². The molecule has 1 saturated heterocycles. The molecule has 0 bridgehead atoms. The van der Waals surface area contributed by atoms with Crippen LogP contribution in [0.25, 0.3) is 12.2 Å². The fourth-order valence-corrected chi connectivity index (χ4v) is 6.00. The number of hydrogen-bond donors (Lipinski definition) is 3. The lowest BCUT2D eigenvalue weighted by Gasteiger charge is -2.20. The number of benzene rings is 2. The average Bonchev–Trinajstić information content (AvgIpc) is 3.92. The van der Waals surface area contributed by atoms with Crippen molar-refractivity contribution in [1.82, 2.24) is 20.9 Å². The van der Waals surface area contributed by atoms with Crippen LogP contribution >= 0.6 is 11.3 Å². The number of nitrogens with zero attached hydrogens (tertiary/aromatic N) is 2. The predicted molar refractivity (Wildman–Crippen MR) is 168 cm³/mol. The summed E-state index contributed by atoms with van der Waals surface area (Å²) < 4.78 is 45.7. The van der Waals surface area contributed by atoms with E-state index in [0.717, 1.165) is 28.8 Å². The average molecular weight is 649 g/mol. The van der Waals surface area contributed by atoms with E-state index in [0.29, 0.717) is 22.6 Å². The van der Waals surface area contributed by atoms with Crippen molar-refractivity contribution in [3.8, 4) is 11.8 Å². The number of hydrogen-bond acceptors (Lipinski definition) is 6. The van der Waals surface area contributed by atoms with Crippen molar-refractivity contribution in [2.75, 3.05) is 19.7 Å². The van der Waals surface area contributed by atoms with Gasteiger partial charge in [0, 0.05) is 36.2 Å². The van der Waals surface area contributed by atoms with Gasteiger partial charge in [0.2, 0.25) is 12.3 Å². The topological polar surface area (TPSA) is 98.7 Å². The molecule has 3 heterocycles. The molecule has 2 fully saturated rings. The minimum absolute atomic E-state index is 0.120. The number of rotatable bonds is 9. The number of ether oxygens (including phenoxy) is 1. The van der Waals surface area contributed by atoms with Crippen molar-refractivity contribution in [3.63, 3.8) is 0 Å². The third kappa shape index (κ3) is 7.55. The first-order valence-electron chi connectivity index (χ1n) is 15.0. The zero-order valence-electron chi connectivity index (χ0n) is 25.1. The number of thiazole rings is 1. The van der Waals surface area contributed by atoms with Crippen LogP contribution in [0.2, 0.25) is 0 Å². The van der Waals surface area contributed by atoms with Crippen LogP contribution in [0.3, 0.4) is 0 Å². The number of alkyl halides is 3. The fraction of sp³-hybridized carbons (Fsp3) is 0.353. The first-order valence-corrected chi connectivity index (χ1v) is 15.9. The number of amides is 2. The van der Waals surface area contributed by atoms with Gasteiger partial charge in [0.05, 0.1) is 11.6 Å². The molecule has 2 aliphatic heterocycles. The number of aromatic nitrogens is 1. The molecule has 0 spiro atoms. The molecule has 3 aromatic rings. The number of fused-ring (bicyclic) bond motifs is 1. The lowest BCUT2D eigenvalue weighted by molar-refractivity contribution is -0.552. The van der Waals surface area contributed by atoms with Crippen molar-refractivity contribution in [2.45, 2.75) is 56.2 Å². The largest absolute Gasteiger partial charge is 0.448 e. The summed E-state index contributed by atoms with van der Waals surface area (Å²) in [5, 5.41) is 13.5. The van der Waals surface area contributed by atoms with Gasteiger partial charge < -0.3 is 15.4 Å². The quantitative estimate of drug-likeness (QED) is 0.188. The minimum Gasteiger partial charge on any atom is -0.348 e. The number of epoxide rings is 1. The van der Waals surface area contributed by atoms with Gasteiger partial charge in [-0.1, -0.05) is 42.3 Å². The third-order valence-electron chi connectivity index (χ3n) is 8.15. The molecule has 2 aromatic carbocycles. The molecule has 3 aliphatic rings. The number of carbonyl (C=O) groups excluding carboxylic acids is 2. The standard InChI is InChI=1S/C34H32F3N5O3S/c1-23(8-11-29-38-15-18-46-29)40-33(22-45-33)31(44)39-20-26-5-2-3-7-28(26)30(43)41-32(13-14-32)27-10-9-24-6-4-16-42(21-34(35,36)37)17-12-25(24)19-27/h2-3,5-7,9-10,12,15,17-19,23,40H,4,13-14,16,20-22H2,1H3,(H-,39,41,43,44)/p+1/b24-6-,25-12-,42-17?/t23-,33?/m0/s1. The maximum atomic E-state index is 13.6. The Bertz CT molecular complexity index is 1850. The molecule has 2 amide bonds. The number of nitrogens with one attached hydrogen (secondary N) is 3. The molecule has 12 heteroatoms. The van der Waals surface area contributed by atoms with Crippen molar-refractivity contribution in [2.24, 2.45) is 0 Å². The summed E-state index contributed by atoms with van der Waals surface area (Å²) in [6, 6.07) is 12.7. The number of carbonyl (C=O) groups is 2. The molecule has 6 rings (SSSR count). The van der Waals surface area contributed by atoms with Gasteiger partial charge >= 0.3 is 6.18 Å². The molecular weight excluding hydrogens is 615 g/mol. The Morgan fingerprint density at radius 2 is 1.98 bits per heavy atom. The molecule has 8 nitrogen and oxygen atoms in total. The van der Waals surface area contributed by atoms with Crippen molar-refractivity contribution < 1.29 is 32.1 Å². The highest BCUT2D eigenvalue weighted by Crippen LogP contribution is 2.45. The zero-order valence-corrected chi connectivity index (χ0v) is 25.9. The summed E-state index contributed by atoms with van der Waals surface area (Å²) in [7, 11) is 0. The summed E-state index contributed by atoms with van der Waals surface area (Å²) >= 11 is 1.44. The van der Waals surface area contributed by atoms with Gasteiger partial charge in [-0.2, -0.15) is 13.2 Å². The Morgan fingerprint density at radius 3 is 2.70 bits per heavy atom. The van der Waals surface area contributed by atoms with Gasteiger partial charge in [-0.25, -0.2) is 9.56 Å². The summed E-state index contributed by atoms with van der Waals surface area (Å²) in [5.74, 6) is 5.40. The second kappa shape index (κ2) is 12.8. The van der Waals surface area contributed by atoms with Gasteiger partial charge in [0.15, 0.2) is 11.2 Å². The molecule has 238 valence electrons. The summed E-state index contributed by atoms with van der Waals surface area (Å²) in [4.78, 5) is 30.9. The van der Waals surface area contributed by atoms with Crippen LogP contribution < -0.4 is 26.4 Å². The Kier molecular flexibility index (Phi) is 8.83. The highest BCUT2D eigenvalue weighted by molar-refractivity contribution is 7.10. The fourth-order valence-electron chi connectivity index (χ4n) is 5.51. The van der Waals surface area contributed by atoms with E-state index < -0.39 is 24.0 Å². The minimum atomic E-state index is -4.28. The van der Waals surface area contributed by atoms with E-state index in [1.807, 2.05) is 42.6 Å². The molecule has 1 saturated carbocycles. The van der Waals surface area contributed by atoms with Crippen molar-refractivity contribution in [1.29, 1.82) is 0 Å². The summed E-state index contributed by atoms with van der Waals surface area (Å²) in [6.45, 7) is 1.45. The highest BCUT2D eigenvalue weighted by atomic mass is 32.1. The molecule has 46 heavy (non-hydrogen) atoms. The second-order valence-electron chi connectivity index (χ2n) is 11.7. The van der Waals surface area contributed by atoms with E-state index in [2.05, 4.69) is 32.8 Å². The van der Waals surface area contributed by atoms with Gasteiger partial charge in [-0.3, -0.25) is 14.9 Å². The van der Waals surface area contributed by atoms with E-state index in [9.17, 15) is 22.8 Å². The lowest BCUT2D eigenvalue weighted by Crippen LogP contribution is -2.50. The van der Waals surface area contributed by atoms with E-state index in [1.54, 1.807) is 30.5 Å². The van der Waals surface area contributed by atoms with Crippen LogP contribution in [0, 0.1) is 11.8 Å².